The first-order chi connectivity index (χ1) is 14.3. The van der Waals surface area contributed by atoms with E-state index in [-0.39, 0.29) is 11.5 Å². The van der Waals surface area contributed by atoms with Crippen LogP contribution in [0.4, 0.5) is 0 Å². The summed E-state index contributed by atoms with van der Waals surface area (Å²) in [6, 6.07) is 2.51. The summed E-state index contributed by atoms with van der Waals surface area (Å²) in [7, 11) is 1.88. The number of ether oxygens (including phenoxy) is 1. The number of piperazine rings is 1. The van der Waals surface area contributed by atoms with Gasteiger partial charge >= 0.3 is 0 Å². The first kappa shape index (κ1) is 21.8. The Bertz CT molecular complexity index is 710. The number of likely N-dealkylation sites (tertiary alicyclic amines) is 1. The number of rotatable bonds is 4. The number of piperidine rings is 1. The number of carbonyl (C=O) groups is 1. The lowest BCUT2D eigenvalue weighted by molar-refractivity contribution is -0.132. The Morgan fingerprint density at radius 3 is 2.50 bits per heavy atom. The molecule has 1 spiro atoms. The summed E-state index contributed by atoms with van der Waals surface area (Å²) in [4.78, 5) is 20.1. The van der Waals surface area contributed by atoms with Gasteiger partial charge < -0.3 is 14.5 Å². The molecule has 30 heavy (non-hydrogen) atoms. The number of aryl methyl sites for hydroxylation is 2. The third kappa shape index (κ3) is 4.73. The van der Waals surface area contributed by atoms with Crippen molar-refractivity contribution < 1.29 is 9.53 Å². The fourth-order valence-electron chi connectivity index (χ4n) is 5.43. The van der Waals surface area contributed by atoms with E-state index in [4.69, 9.17) is 4.74 Å². The Morgan fingerprint density at radius 2 is 1.90 bits per heavy atom. The molecule has 0 radical (unpaired) electrons. The van der Waals surface area contributed by atoms with Crippen molar-refractivity contribution >= 4 is 5.91 Å². The van der Waals surface area contributed by atoms with Crippen LogP contribution in [0, 0.1) is 12.8 Å². The average molecular weight is 418 g/mol. The van der Waals surface area contributed by atoms with Crippen LogP contribution >= 0.6 is 0 Å². The van der Waals surface area contributed by atoms with Gasteiger partial charge in [0.25, 0.3) is 5.91 Å². The normalized spacial score (nSPS) is 25.9. The number of amides is 1. The number of hydrogen-bond acceptors (Lipinski definition) is 5. The molecule has 1 atom stereocenters. The third-order valence-corrected chi connectivity index (χ3v) is 7.31. The second kappa shape index (κ2) is 8.97. The molecule has 4 rings (SSSR count). The lowest BCUT2D eigenvalue weighted by atomic mass is 9.81. The molecule has 3 fully saturated rings. The zero-order valence-electron chi connectivity index (χ0n) is 19.3. The molecule has 0 saturated carbocycles. The van der Waals surface area contributed by atoms with Gasteiger partial charge in [-0.25, -0.2) is 0 Å². The van der Waals surface area contributed by atoms with Crippen molar-refractivity contribution in [2.45, 2.75) is 58.1 Å². The highest BCUT2D eigenvalue weighted by Crippen LogP contribution is 2.37. The molecule has 1 aromatic heterocycles. The quantitative estimate of drug-likeness (QED) is 0.751. The van der Waals surface area contributed by atoms with E-state index < -0.39 is 0 Å². The molecule has 0 bridgehead atoms. The summed E-state index contributed by atoms with van der Waals surface area (Å²) >= 11 is 0. The van der Waals surface area contributed by atoms with Gasteiger partial charge in [-0.3, -0.25) is 14.4 Å². The van der Waals surface area contributed by atoms with Crippen LogP contribution in [0.3, 0.4) is 0 Å². The van der Waals surface area contributed by atoms with E-state index in [1.165, 1.54) is 32.7 Å². The van der Waals surface area contributed by atoms with Crippen molar-refractivity contribution in [1.82, 2.24) is 24.5 Å². The molecule has 1 amide bonds. The van der Waals surface area contributed by atoms with Crippen LogP contribution in [-0.2, 0) is 11.8 Å². The number of hydrogen-bond donors (Lipinski definition) is 0. The van der Waals surface area contributed by atoms with Crippen LogP contribution in [0.5, 0.6) is 0 Å². The van der Waals surface area contributed by atoms with Crippen LogP contribution in [0.2, 0.25) is 0 Å². The molecule has 0 N–H and O–H groups in total. The van der Waals surface area contributed by atoms with E-state index in [2.05, 4.69) is 28.7 Å². The molecular formula is C23H39N5O2. The predicted molar refractivity (Wildman–Crippen MR) is 118 cm³/mol. The molecule has 0 aliphatic carbocycles. The van der Waals surface area contributed by atoms with Crippen LogP contribution in [0.25, 0.3) is 0 Å². The molecular weight excluding hydrogens is 378 g/mol. The van der Waals surface area contributed by atoms with Crippen LogP contribution < -0.4 is 0 Å². The molecule has 4 heterocycles. The van der Waals surface area contributed by atoms with Gasteiger partial charge in [-0.1, -0.05) is 13.8 Å². The highest BCUT2D eigenvalue weighted by atomic mass is 16.5. The maximum absolute atomic E-state index is 12.9. The van der Waals surface area contributed by atoms with Gasteiger partial charge in [-0.05, 0) is 44.6 Å². The fourth-order valence-corrected chi connectivity index (χ4v) is 5.43. The second-order valence-electron chi connectivity index (χ2n) is 10.00. The van der Waals surface area contributed by atoms with E-state index in [1.807, 2.05) is 24.9 Å². The summed E-state index contributed by atoms with van der Waals surface area (Å²) in [5.41, 5.74) is 1.53. The van der Waals surface area contributed by atoms with Gasteiger partial charge in [0.15, 0.2) is 5.69 Å². The van der Waals surface area contributed by atoms with Crippen molar-refractivity contribution in [2.75, 3.05) is 52.4 Å². The summed E-state index contributed by atoms with van der Waals surface area (Å²) in [5.74, 6) is 0.799. The van der Waals surface area contributed by atoms with Crippen molar-refractivity contribution in [1.29, 1.82) is 0 Å². The van der Waals surface area contributed by atoms with Crippen molar-refractivity contribution in [3.63, 3.8) is 0 Å². The molecule has 1 unspecified atom stereocenters. The standard InChI is InChI=1S/C23H39N5O2/c1-18(2)17-26-10-12-27(13-11-26)20-5-14-30-23(16-20)6-8-28(9-7-23)22(29)21-15-19(3)25(4)24-21/h15,18,20H,5-14,16-17H2,1-4H3. The molecule has 7 heteroatoms. The van der Waals surface area contributed by atoms with Crippen LogP contribution in [0.1, 0.15) is 55.7 Å². The van der Waals surface area contributed by atoms with Crippen molar-refractivity contribution in [3.8, 4) is 0 Å². The molecule has 3 saturated heterocycles. The molecule has 1 aromatic rings. The smallest absolute Gasteiger partial charge is 0.274 e. The Labute approximate surface area is 181 Å². The second-order valence-corrected chi connectivity index (χ2v) is 10.00. The maximum Gasteiger partial charge on any atom is 0.274 e. The first-order valence-corrected chi connectivity index (χ1v) is 11.8. The lowest BCUT2D eigenvalue weighted by Crippen LogP contribution is -2.57. The van der Waals surface area contributed by atoms with Gasteiger partial charge in [0.1, 0.15) is 0 Å². The van der Waals surface area contributed by atoms with E-state index in [9.17, 15) is 4.79 Å². The SMILES string of the molecule is Cc1cc(C(=O)N2CCC3(CC2)CC(N2CCN(CC(C)C)CC2)CCO3)nn1C. The highest BCUT2D eigenvalue weighted by Gasteiger charge is 2.43. The van der Waals surface area contributed by atoms with Crippen molar-refractivity contribution in [2.24, 2.45) is 13.0 Å². The lowest BCUT2D eigenvalue weighted by Gasteiger charge is -2.49. The zero-order valence-corrected chi connectivity index (χ0v) is 19.3. The summed E-state index contributed by atoms with van der Waals surface area (Å²) in [5, 5.41) is 4.37. The minimum atomic E-state index is -0.0468. The van der Waals surface area contributed by atoms with Gasteiger partial charge in [-0.15, -0.1) is 0 Å². The van der Waals surface area contributed by atoms with E-state index >= 15 is 0 Å². The molecule has 0 aromatic carbocycles. The van der Waals surface area contributed by atoms with E-state index in [0.717, 1.165) is 57.0 Å². The van der Waals surface area contributed by atoms with Gasteiger partial charge in [0, 0.05) is 71.2 Å². The fraction of sp³-hybridized carbons (Fsp3) is 0.826. The van der Waals surface area contributed by atoms with Gasteiger partial charge in [-0.2, -0.15) is 5.10 Å². The number of aromatic nitrogens is 2. The van der Waals surface area contributed by atoms with Gasteiger partial charge in [0.05, 0.1) is 5.60 Å². The number of carbonyl (C=O) groups excluding carboxylic acids is 1. The highest BCUT2D eigenvalue weighted by molar-refractivity contribution is 5.92. The van der Waals surface area contributed by atoms with Gasteiger partial charge in [0.2, 0.25) is 0 Å². The topological polar surface area (TPSA) is 53.8 Å². The Kier molecular flexibility index (Phi) is 6.51. The molecule has 3 aliphatic heterocycles. The van der Waals surface area contributed by atoms with E-state index in [1.54, 1.807) is 4.68 Å². The van der Waals surface area contributed by atoms with Crippen LogP contribution in [0.15, 0.2) is 6.07 Å². The predicted octanol–water partition coefficient (Wildman–Crippen LogP) is 2.16. The van der Waals surface area contributed by atoms with Crippen molar-refractivity contribution in [3.05, 3.63) is 17.5 Å². The average Bonchev–Trinajstić information content (AvgIpc) is 3.07. The first-order valence-electron chi connectivity index (χ1n) is 11.8. The van der Waals surface area contributed by atoms with Crippen LogP contribution in [-0.4, -0.2) is 94.5 Å². The minimum Gasteiger partial charge on any atom is -0.375 e. The Hall–Kier alpha value is -1.44. The monoisotopic (exact) mass is 417 g/mol. The molecule has 168 valence electrons. The summed E-state index contributed by atoms with van der Waals surface area (Å²) in [6.45, 7) is 14.9. The third-order valence-electron chi connectivity index (χ3n) is 7.31. The summed E-state index contributed by atoms with van der Waals surface area (Å²) < 4.78 is 8.14. The maximum atomic E-state index is 12.9. The Morgan fingerprint density at radius 1 is 1.20 bits per heavy atom. The Balaban J connectivity index is 1.30. The van der Waals surface area contributed by atoms with E-state index in [0.29, 0.717) is 11.7 Å². The largest absolute Gasteiger partial charge is 0.375 e. The summed E-state index contributed by atoms with van der Waals surface area (Å²) in [6.07, 6.45) is 4.13. The molecule has 3 aliphatic rings. The number of nitrogens with zero attached hydrogens (tertiary/aromatic N) is 5. The minimum absolute atomic E-state index is 0.0468. The molecule has 7 nitrogen and oxygen atoms in total. The zero-order chi connectivity index (χ0) is 21.3.